The van der Waals surface area contributed by atoms with Crippen molar-refractivity contribution in [1.29, 1.82) is 5.26 Å². The Balaban J connectivity index is 2.97. The fraction of sp³-hybridized carbons (Fsp3) is 0.500. The van der Waals surface area contributed by atoms with Crippen molar-refractivity contribution in [2.45, 2.75) is 13.3 Å². The lowest BCUT2D eigenvalue weighted by molar-refractivity contribution is 0.0695. The number of hydrogen-bond donors (Lipinski definition) is 1. The van der Waals surface area contributed by atoms with E-state index in [4.69, 9.17) is 10.00 Å². The quantitative estimate of drug-likeness (QED) is 0.789. The molecule has 1 heterocycles. The number of carbonyl (C=O) groups excluding carboxylic acids is 1. The Morgan fingerprint density at radius 3 is 2.95 bits per heavy atom. The lowest BCUT2D eigenvalue weighted by atomic mass is 10.2. The van der Waals surface area contributed by atoms with Crippen molar-refractivity contribution in [3.63, 3.8) is 0 Å². The zero-order valence-electron chi connectivity index (χ0n) is 12.2. The molecule has 6 nitrogen and oxygen atoms in total. The highest BCUT2D eigenvalue weighted by atomic mass is 19.1. The van der Waals surface area contributed by atoms with Gasteiger partial charge in [0.1, 0.15) is 0 Å². The molecule has 21 heavy (non-hydrogen) atoms. The Morgan fingerprint density at radius 2 is 2.33 bits per heavy atom. The van der Waals surface area contributed by atoms with Crippen molar-refractivity contribution in [2.75, 3.05) is 38.7 Å². The van der Waals surface area contributed by atoms with Crippen LogP contribution in [0, 0.1) is 17.1 Å². The van der Waals surface area contributed by atoms with E-state index in [0.717, 1.165) is 0 Å². The maximum atomic E-state index is 14.2. The lowest BCUT2D eigenvalue weighted by Gasteiger charge is -2.21. The van der Waals surface area contributed by atoms with E-state index < -0.39 is 11.7 Å². The summed E-state index contributed by atoms with van der Waals surface area (Å²) >= 11 is 0. The standard InChI is InChI=1S/C14H19FN4O2/c1-3-17-13-12(15)11(5-7-18-13)14(20)19(8-4-6-16)9-10-21-2/h5,7H,3-4,8-10H2,1-2H3,(H,17,18). The fourth-order valence-corrected chi connectivity index (χ4v) is 1.77. The first-order valence-corrected chi connectivity index (χ1v) is 6.69. The Kier molecular flexibility index (Phi) is 7.12. The van der Waals surface area contributed by atoms with E-state index in [0.29, 0.717) is 19.7 Å². The molecule has 0 unspecified atom stereocenters. The number of ether oxygens (including phenoxy) is 1. The largest absolute Gasteiger partial charge is 0.383 e. The molecule has 1 aromatic rings. The number of amides is 1. The molecule has 114 valence electrons. The molecule has 1 N–H and O–H groups in total. The summed E-state index contributed by atoms with van der Waals surface area (Å²) in [5, 5.41) is 11.4. The molecule has 0 saturated carbocycles. The van der Waals surface area contributed by atoms with Gasteiger partial charge in [0.25, 0.3) is 5.91 Å². The van der Waals surface area contributed by atoms with Gasteiger partial charge in [-0.1, -0.05) is 0 Å². The number of aromatic nitrogens is 1. The van der Waals surface area contributed by atoms with Gasteiger partial charge in [-0.3, -0.25) is 4.79 Å². The smallest absolute Gasteiger partial charge is 0.257 e. The van der Waals surface area contributed by atoms with Crippen molar-refractivity contribution in [3.8, 4) is 6.07 Å². The summed E-state index contributed by atoms with van der Waals surface area (Å²) in [6.45, 7) is 3.17. The number of hydrogen-bond acceptors (Lipinski definition) is 5. The first-order chi connectivity index (χ1) is 10.2. The number of nitrogens with one attached hydrogen (secondary N) is 1. The van der Waals surface area contributed by atoms with E-state index >= 15 is 0 Å². The maximum Gasteiger partial charge on any atom is 0.257 e. The molecule has 7 heteroatoms. The van der Waals surface area contributed by atoms with Crippen LogP contribution in [0.5, 0.6) is 0 Å². The minimum Gasteiger partial charge on any atom is -0.383 e. The van der Waals surface area contributed by atoms with Gasteiger partial charge in [0.05, 0.1) is 24.7 Å². The molecule has 1 aromatic heterocycles. The van der Waals surface area contributed by atoms with Crippen molar-refractivity contribution >= 4 is 11.7 Å². The first kappa shape index (κ1) is 16.9. The van der Waals surface area contributed by atoms with Crippen LogP contribution in [0.15, 0.2) is 12.3 Å². The predicted molar refractivity (Wildman–Crippen MR) is 76.4 cm³/mol. The molecular weight excluding hydrogens is 275 g/mol. The van der Waals surface area contributed by atoms with E-state index in [1.165, 1.54) is 24.3 Å². The van der Waals surface area contributed by atoms with E-state index in [1.807, 2.05) is 13.0 Å². The van der Waals surface area contributed by atoms with Crippen LogP contribution < -0.4 is 5.32 Å². The van der Waals surface area contributed by atoms with Gasteiger partial charge in [-0.25, -0.2) is 9.37 Å². The molecule has 0 bridgehead atoms. The summed E-state index contributed by atoms with van der Waals surface area (Å²) in [6.07, 6.45) is 1.56. The Bertz CT molecular complexity index is 516. The highest BCUT2D eigenvalue weighted by molar-refractivity contribution is 5.95. The minimum atomic E-state index is -0.677. The van der Waals surface area contributed by atoms with Gasteiger partial charge in [-0.2, -0.15) is 5.26 Å². The molecule has 0 saturated heterocycles. The molecule has 1 rings (SSSR count). The van der Waals surface area contributed by atoms with Crippen molar-refractivity contribution in [1.82, 2.24) is 9.88 Å². The monoisotopic (exact) mass is 294 g/mol. The highest BCUT2D eigenvalue weighted by Crippen LogP contribution is 2.17. The summed E-state index contributed by atoms with van der Waals surface area (Å²) < 4.78 is 19.2. The van der Waals surface area contributed by atoms with Gasteiger partial charge in [-0.05, 0) is 13.0 Å². The minimum absolute atomic E-state index is 0.0512. The molecule has 0 aliphatic carbocycles. The third-order valence-electron chi connectivity index (χ3n) is 2.81. The first-order valence-electron chi connectivity index (χ1n) is 6.69. The number of pyridine rings is 1. The summed E-state index contributed by atoms with van der Waals surface area (Å²) in [5.74, 6) is -1.10. The van der Waals surface area contributed by atoms with Gasteiger partial charge >= 0.3 is 0 Å². The second-order valence-electron chi connectivity index (χ2n) is 4.24. The second-order valence-corrected chi connectivity index (χ2v) is 4.24. The zero-order chi connectivity index (χ0) is 15.7. The molecule has 1 amide bonds. The van der Waals surface area contributed by atoms with Gasteiger partial charge in [0.2, 0.25) is 0 Å². The van der Waals surface area contributed by atoms with Crippen LogP contribution in [0.3, 0.4) is 0 Å². The number of halogens is 1. The Morgan fingerprint density at radius 1 is 1.57 bits per heavy atom. The summed E-state index contributed by atoms with van der Waals surface area (Å²) in [4.78, 5) is 17.7. The van der Waals surface area contributed by atoms with Crippen LogP contribution in [0.2, 0.25) is 0 Å². The molecule has 0 spiro atoms. The van der Waals surface area contributed by atoms with E-state index in [9.17, 15) is 9.18 Å². The molecular formula is C14H19FN4O2. The van der Waals surface area contributed by atoms with Crippen molar-refractivity contribution in [3.05, 3.63) is 23.6 Å². The van der Waals surface area contributed by atoms with Gasteiger partial charge in [0, 0.05) is 32.9 Å². The van der Waals surface area contributed by atoms with Crippen LogP contribution in [0.25, 0.3) is 0 Å². The van der Waals surface area contributed by atoms with Crippen LogP contribution in [0.4, 0.5) is 10.2 Å². The second kappa shape index (κ2) is 8.87. The SMILES string of the molecule is CCNc1nccc(C(=O)N(CCC#N)CCOC)c1F. The van der Waals surface area contributed by atoms with Gasteiger partial charge in [-0.15, -0.1) is 0 Å². The fourth-order valence-electron chi connectivity index (χ4n) is 1.77. The Hall–Kier alpha value is -2.20. The average Bonchev–Trinajstić information content (AvgIpc) is 2.49. The number of rotatable bonds is 8. The Labute approximate surface area is 123 Å². The number of anilines is 1. The summed E-state index contributed by atoms with van der Waals surface area (Å²) in [7, 11) is 1.52. The maximum absolute atomic E-state index is 14.2. The predicted octanol–water partition coefficient (Wildman–Crippen LogP) is 1.65. The third-order valence-corrected chi connectivity index (χ3v) is 2.81. The van der Waals surface area contributed by atoms with Crippen LogP contribution in [-0.4, -0.2) is 49.1 Å². The van der Waals surface area contributed by atoms with Gasteiger partial charge in [0.15, 0.2) is 11.6 Å². The van der Waals surface area contributed by atoms with Crippen molar-refractivity contribution < 1.29 is 13.9 Å². The van der Waals surface area contributed by atoms with Crippen molar-refractivity contribution in [2.24, 2.45) is 0 Å². The normalized spacial score (nSPS) is 10.0. The number of methoxy groups -OCH3 is 1. The van der Waals surface area contributed by atoms with E-state index in [1.54, 1.807) is 0 Å². The number of carbonyl (C=O) groups is 1. The van der Waals surface area contributed by atoms with Crippen LogP contribution in [0.1, 0.15) is 23.7 Å². The molecule has 0 aromatic carbocycles. The average molecular weight is 294 g/mol. The molecule has 0 atom stereocenters. The summed E-state index contributed by atoms with van der Waals surface area (Å²) in [6, 6.07) is 3.31. The topological polar surface area (TPSA) is 78.3 Å². The number of nitrogens with zero attached hydrogens (tertiary/aromatic N) is 3. The molecule has 0 radical (unpaired) electrons. The van der Waals surface area contributed by atoms with Gasteiger partial charge < -0.3 is 15.0 Å². The molecule has 0 fully saturated rings. The van der Waals surface area contributed by atoms with Crippen LogP contribution >= 0.6 is 0 Å². The van der Waals surface area contributed by atoms with E-state index in [2.05, 4.69) is 10.3 Å². The zero-order valence-corrected chi connectivity index (χ0v) is 12.2. The lowest BCUT2D eigenvalue weighted by Crippen LogP contribution is -2.35. The summed E-state index contributed by atoms with van der Waals surface area (Å²) in [5.41, 5.74) is -0.0602. The highest BCUT2D eigenvalue weighted by Gasteiger charge is 2.21. The number of nitriles is 1. The van der Waals surface area contributed by atoms with E-state index in [-0.39, 0.29) is 24.3 Å². The molecule has 0 aliphatic heterocycles. The third kappa shape index (κ3) is 4.68. The molecule has 0 aliphatic rings. The van der Waals surface area contributed by atoms with Crippen LogP contribution in [-0.2, 0) is 4.74 Å².